The van der Waals surface area contributed by atoms with Gasteiger partial charge in [-0.05, 0) is 154 Å². The van der Waals surface area contributed by atoms with Crippen LogP contribution in [0.2, 0.25) is 0 Å². The molecule has 0 saturated heterocycles. The van der Waals surface area contributed by atoms with Crippen LogP contribution in [0.4, 0.5) is 0 Å². The number of ether oxygens (including phenoxy) is 2. The molecule has 0 bridgehead atoms. The average Bonchev–Trinajstić information content (AvgIpc) is 3.52. The molecule has 85 heavy (non-hydrogen) atoms. The first-order valence-corrected chi connectivity index (χ1v) is 33.7. The average molecular weight is 1190 g/mol. The SMILES string of the molecule is CC/C=C\C/C=C\C/C=C\C/C=C\C/C=C\C/C=C\C/C=C\C/C=C\C/C=C\C/C=C\C/C=C\CCCCCC(=O)OC(COC(=O)CCCCCCC/C=C\C/C=C\C/C=C\C/C=C\C/C=C\C/C=C\C/C=C\CC)COP(=O)(O)OCCN. The van der Waals surface area contributed by atoms with Gasteiger partial charge in [0.05, 0.1) is 13.2 Å². The number of nitrogens with two attached hydrogens (primary N) is 1. The molecule has 9 nitrogen and oxygen atoms in total. The summed E-state index contributed by atoms with van der Waals surface area (Å²) in [5.41, 5.74) is 5.39. The molecule has 0 amide bonds. The highest BCUT2D eigenvalue weighted by Crippen LogP contribution is 2.43. The molecule has 0 aliphatic rings. The highest BCUT2D eigenvalue weighted by atomic mass is 31.2. The van der Waals surface area contributed by atoms with Gasteiger partial charge in [-0.25, -0.2) is 4.57 Å². The third-order valence-corrected chi connectivity index (χ3v) is 13.3. The van der Waals surface area contributed by atoms with Gasteiger partial charge < -0.3 is 20.1 Å². The van der Waals surface area contributed by atoms with Gasteiger partial charge in [0.25, 0.3) is 0 Å². The molecule has 472 valence electrons. The molecule has 0 aromatic carbocycles. The number of rotatable bonds is 57. The van der Waals surface area contributed by atoms with Gasteiger partial charge >= 0.3 is 19.8 Å². The molecule has 0 radical (unpaired) electrons. The fraction of sp³-hybridized carbons (Fsp3) is 0.493. The van der Waals surface area contributed by atoms with Crippen LogP contribution < -0.4 is 5.73 Å². The first-order valence-electron chi connectivity index (χ1n) is 32.2. The Labute approximate surface area is 518 Å². The van der Waals surface area contributed by atoms with Crippen molar-refractivity contribution in [3.63, 3.8) is 0 Å². The molecule has 2 unspecified atom stereocenters. The van der Waals surface area contributed by atoms with Crippen LogP contribution in [0.5, 0.6) is 0 Å². The minimum Gasteiger partial charge on any atom is -0.462 e. The lowest BCUT2D eigenvalue weighted by Gasteiger charge is -2.19. The van der Waals surface area contributed by atoms with Crippen LogP contribution in [-0.2, 0) is 32.7 Å². The van der Waals surface area contributed by atoms with Gasteiger partial charge in [0.15, 0.2) is 6.10 Å². The van der Waals surface area contributed by atoms with E-state index in [-0.39, 0.29) is 32.6 Å². The second-order valence-corrected chi connectivity index (χ2v) is 21.6. The zero-order valence-electron chi connectivity index (χ0n) is 52.7. The summed E-state index contributed by atoms with van der Waals surface area (Å²) in [5.74, 6) is -0.910. The van der Waals surface area contributed by atoms with Gasteiger partial charge in [0, 0.05) is 19.4 Å². The second kappa shape index (κ2) is 67.5. The number of hydrogen-bond donors (Lipinski definition) is 2. The summed E-state index contributed by atoms with van der Waals surface area (Å²) in [6, 6.07) is 0. The van der Waals surface area contributed by atoms with Crippen molar-refractivity contribution >= 4 is 19.8 Å². The Bertz CT molecular complexity index is 2190. The normalized spacial score (nSPS) is 14.4. The van der Waals surface area contributed by atoms with E-state index in [1.807, 2.05) is 0 Å². The summed E-state index contributed by atoms with van der Waals surface area (Å²) in [4.78, 5) is 35.3. The minimum absolute atomic E-state index is 0.0315. The van der Waals surface area contributed by atoms with Crippen molar-refractivity contribution in [2.45, 2.75) is 213 Å². The Hall–Kier alpha value is -5.67. The molecule has 0 heterocycles. The molecule has 0 aliphatic carbocycles. The molecular weight excluding hydrogens is 1070 g/mol. The lowest BCUT2D eigenvalue weighted by atomic mass is 10.1. The molecule has 0 aromatic rings. The van der Waals surface area contributed by atoms with Crippen molar-refractivity contribution < 1.29 is 37.6 Å². The van der Waals surface area contributed by atoms with Gasteiger partial charge in [0.1, 0.15) is 6.61 Å². The second-order valence-electron chi connectivity index (χ2n) is 20.2. The van der Waals surface area contributed by atoms with Gasteiger partial charge in [-0.1, -0.05) is 258 Å². The minimum atomic E-state index is -4.42. The van der Waals surface area contributed by atoms with E-state index in [4.69, 9.17) is 24.3 Å². The largest absolute Gasteiger partial charge is 0.472 e. The van der Waals surface area contributed by atoms with E-state index >= 15 is 0 Å². The summed E-state index contributed by atoms with van der Waals surface area (Å²) in [7, 11) is -4.42. The van der Waals surface area contributed by atoms with Crippen molar-refractivity contribution in [3.05, 3.63) is 219 Å². The number of carbonyl (C=O) groups excluding carboxylic acids is 2. The Balaban J connectivity index is 4.15. The van der Waals surface area contributed by atoms with Crippen LogP contribution in [0.1, 0.15) is 206 Å². The standard InChI is InChI=1S/C75H114NO8P/c1-3-5-7-9-11-13-15-17-19-21-23-25-27-29-31-32-33-34-35-36-37-38-39-40-42-44-46-48-50-52-54-56-58-60-62-64-66-68-75(78)84-73(72-83-85(79,80)82-70-69-76)71-81-74(77)67-65-63-61-59-57-55-53-51-49-47-45-43-41-30-28-26-24-22-20-18-16-14-12-10-8-6-4-2/h5-8,11-14,17-20,23-26,29-31,33-34,36-37,39-41,44-47,50-53,56,58,73H,3-4,9-10,15-16,21-22,27-28,32,35,38,42-43,48-49,54-55,57,59-72,76H2,1-2H3,(H,79,80)/b7-5-,8-6-,13-11-,14-12-,19-17-,20-18-,25-23-,26-24-,31-29-,34-33-,37-36-,40-39-,41-30-,46-44-,47-45-,52-50-,53-51-,58-56-. The van der Waals surface area contributed by atoms with Crippen LogP contribution in [0.15, 0.2) is 219 Å². The molecular formula is C75H114NO8P. The lowest BCUT2D eigenvalue weighted by molar-refractivity contribution is -0.161. The number of unbranched alkanes of at least 4 members (excludes halogenated alkanes) is 8. The summed E-state index contributed by atoms with van der Waals surface area (Å²) in [6.07, 6.45) is 106. The maximum Gasteiger partial charge on any atom is 0.472 e. The van der Waals surface area contributed by atoms with Crippen LogP contribution >= 0.6 is 7.82 Å². The van der Waals surface area contributed by atoms with Crippen molar-refractivity contribution in [2.24, 2.45) is 5.73 Å². The fourth-order valence-electron chi connectivity index (χ4n) is 7.68. The zero-order chi connectivity index (χ0) is 61.6. The molecule has 0 rings (SSSR count). The molecule has 3 N–H and O–H groups in total. The van der Waals surface area contributed by atoms with E-state index < -0.39 is 32.5 Å². The molecule has 0 fully saturated rings. The van der Waals surface area contributed by atoms with E-state index in [1.165, 1.54) is 0 Å². The monoisotopic (exact) mass is 1190 g/mol. The highest BCUT2D eigenvalue weighted by molar-refractivity contribution is 7.47. The van der Waals surface area contributed by atoms with Gasteiger partial charge in [-0.3, -0.25) is 18.6 Å². The number of phosphoric acid groups is 1. The Kier molecular flexibility index (Phi) is 63.0. The Morgan fingerprint density at radius 1 is 0.353 bits per heavy atom. The maximum atomic E-state index is 12.7. The maximum absolute atomic E-state index is 12.7. The number of esters is 2. The van der Waals surface area contributed by atoms with E-state index in [1.54, 1.807) is 0 Å². The number of hydrogen-bond acceptors (Lipinski definition) is 8. The summed E-state index contributed by atoms with van der Waals surface area (Å²) in [5, 5.41) is 0. The first kappa shape index (κ1) is 79.3. The number of allylic oxidation sites excluding steroid dienone is 36. The molecule has 0 aromatic heterocycles. The van der Waals surface area contributed by atoms with E-state index in [2.05, 4.69) is 233 Å². The third-order valence-electron chi connectivity index (χ3n) is 12.4. The van der Waals surface area contributed by atoms with E-state index in [0.29, 0.717) is 12.8 Å². The van der Waals surface area contributed by atoms with Crippen LogP contribution in [0, 0.1) is 0 Å². The molecule has 10 heteroatoms. The smallest absolute Gasteiger partial charge is 0.462 e. The number of carbonyl (C=O) groups is 2. The topological polar surface area (TPSA) is 134 Å². The molecule has 2 atom stereocenters. The molecule has 0 saturated carbocycles. The lowest BCUT2D eigenvalue weighted by Crippen LogP contribution is -2.29. The van der Waals surface area contributed by atoms with Gasteiger partial charge in [0.2, 0.25) is 0 Å². The Morgan fingerprint density at radius 2 is 0.612 bits per heavy atom. The van der Waals surface area contributed by atoms with Crippen LogP contribution in [0.25, 0.3) is 0 Å². The molecule has 0 aliphatic heterocycles. The predicted molar refractivity (Wildman–Crippen MR) is 366 cm³/mol. The van der Waals surface area contributed by atoms with Crippen LogP contribution in [-0.4, -0.2) is 49.3 Å². The zero-order valence-corrected chi connectivity index (χ0v) is 53.6. The third kappa shape index (κ3) is 67.3. The van der Waals surface area contributed by atoms with E-state index in [9.17, 15) is 19.0 Å². The van der Waals surface area contributed by atoms with Crippen molar-refractivity contribution in [2.75, 3.05) is 26.4 Å². The quantitative estimate of drug-likeness (QED) is 0.0264. The van der Waals surface area contributed by atoms with E-state index in [0.717, 1.165) is 167 Å². The predicted octanol–water partition coefficient (Wildman–Crippen LogP) is 21.3. The fourth-order valence-corrected chi connectivity index (χ4v) is 8.44. The summed E-state index contributed by atoms with van der Waals surface area (Å²) >= 11 is 0. The highest BCUT2D eigenvalue weighted by Gasteiger charge is 2.26. The summed E-state index contributed by atoms with van der Waals surface area (Å²) in [6.45, 7) is 3.41. The van der Waals surface area contributed by atoms with Gasteiger partial charge in [-0.15, -0.1) is 0 Å². The van der Waals surface area contributed by atoms with Crippen LogP contribution in [0.3, 0.4) is 0 Å². The van der Waals surface area contributed by atoms with Gasteiger partial charge in [-0.2, -0.15) is 0 Å². The van der Waals surface area contributed by atoms with Crippen molar-refractivity contribution in [3.8, 4) is 0 Å². The Morgan fingerprint density at radius 3 is 0.918 bits per heavy atom. The summed E-state index contributed by atoms with van der Waals surface area (Å²) < 4.78 is 33.0. The number of phosphoric ester groups is 1. The van der Waals surface area contributed by atoms with Crippen molar-refractivity contribution in [1.29, 1.82) is 0 Å². The van der Waals surface area contributed by atoms with Crippen molar-refractivity contribution in [1.82, 2.24) is 0 Å². The molecule has 0 spiro atoms. The first-order chi connectivity index (χ1) is 41.8.